The van der Waals surface area contributed by atoms with Crippen LogP contribution in [0.2, 0.25) is 0 Å². The summed E-state index contributed by atoms with van der Waals surface area (Å²) in [6, 6.07) is 3.47. The highest BCUT2D eigenvalue weighted by molar-refractivity contribution is 7.99. The van der Waals surface area contributed by atoms with E-state index < -0.39 is 5.97 Å². The summed E-state index contributed by atoms with van der Waals surface area (Å²) in [4.78, 5) is 15.2. The number of carboxylic acids is 1. The predicted octanol–water partition coefficient (Wildman–Crippen LogP) is 1.52. The van der Waals surface area contributed by atoms with Crippen LogP contribution in [-0.2, 0) is 4.74 Å². The van der Waals surface area contributed by atoms with Crippen LogP contribution in [0.5, 0.6) is 0 Å². The smallest absolute Gasteiger partial charge is 0.355 e. The third kappa shape index (κ3) is 3.01. The molecule has 0 unspecified atom stereocenters. The minimum Gasteiger partial charge on any atom is -0.476 e. The number of ether oxygens (including phenoxy) is 1. The number of carbonyl (C=O) groups is 1. The SMILES string of the molecule is COCCSc1cccnc1C(=O)O. The van der Waals surface area contributed by atoms with Gasteiger partial charge in [0.25, 0.3) is 0 Å². The summed E-state index contributed by atoms with van der Waals surface area (Å²) in [7, 11) is 1.61. The molecular weight excluding hydrogens is 202 g/mol. The summed E-state index contributed by atoms with van der Waals surface area (Å²) in [6.45, 7) is 0.596. The first-order chi connectivity index (χ1) is 6.75. The van der Waals surface area contributed by atoms with E-state index in [2.05, 4.69) is 4.98 Å². The van der Waals surface area contributed by atoms with Crippen molar-refractivity contribution in [2.75, 3.05) is 19.5 Å². The maximum absolute atomic E-state index is 10.7. The Morgan fingerprint density at radius 1 is 1.71 bits per heavy atom. The molecule has 0 saturated carbocycles. The van der Waals surface area contributed by atoms with Crippen LogP contribution in [0.25, 0.3) is 0 Å². The molecule has 0 aliphatic heterocycles. The summed E-state index contributed by atoms with van der Waals surface area (Å²) in [5, 5.41) is 8.82. The van der Waals surface area contributed by atoms with E-state index in [9.17, 15) is 4.79 Å². The van der Waals surface area contributed by atoms with Crippen molar-refractivity contribution in [2.45, 2.75) is 4.90 Å². The Hall–Kier alpha value is -1.07. The van der Waals surface area contributed by atoms with Gasteiger partial charge >= 0.3 is 5.97 Å². The second kappa shape index (κ2) is 5.62. The molecule has 0 saturated heterocycles. The number of aromatic nitrogens is 1. The topological polar surface area (TPSA) is 59.4 Å². The molecule has 0 atom stereocenters. The molecule has 0 aromatic carbocycles. The zero-order chi connectivity index (χ0) is 10.4. The lowest BCUT2D eigenvalue weighted by molar-refractivity contribution is 0.0686. The maximum Gasteiger partial charge on any atom is 0.355 e. The fourth-order valence-electron chi connectivity index (χ4n) is 0.903. The van der Waals surface area contributed by atoms with Gasteiger partial charge in [-0.1, -0.05) is 0 Å². The molecule has 14 heavy (non-hydrogen) atoms. The predicted molar refractivity (Wildman–Crippen MR) is 53.8 cm³/mol. The second-order valence-corrected chi connectivity index (χ2v) is 3.63. The number of carboxylic acid groups (broad SMARTS) is 1. The van der Waals surface area contributed by atoms with Crippen molar-refractivity contribution >= 4 is 17.7 Å². The number of hydrogen-bond donors (Lipinski definition) is 1. The Bertz CT molecular complexity index is 317. The zero-order valence-corrected chi connectivity index (χ0v) is 8.58. The molecule has 0 radical (unpaired) electrons. The van der Waals surface area contributed by atoms with Gasteiger partial charge in [-0.25, -0.2) is 9.78 Å². The van der Waals surface area contributed by atoms with Gasteiger partial charge in [0.2, 0.25) is 0 Å². The summed E-state index contributed by atoms with van der Waals surface area (Å²) >= 11 is 1.43. The number of aromatic carboxylic acids is 1. The van der Waals surface area contributed by atoms with Crippen LogP contribution in [-0.4, -0.2) is 35.5 Å². The normalized spacial score (nSPS) is 10.1. The fraction of sp³-hybridized carbons (Fsp3) is 0.333. The number of rotatable bonds is 5. The average molecular weight is 213 g/mol. The van der Waals surface area contributed by atoms with Gasteiger partial charge in [0.15, 0.2) is 5.69 Å². The Labute approximate surface area is 86.3 Å². The van der Waals surface area contributed by atoms with E-state index in [4.69, 9.17) is 9.84 Å². The molecule has 0 fully saturated rings. The highest BCUT2D eigenvalue weighted by atomic mass is 32.2. The first-order valence-corrected chi connectivity index (χ1v) is 5.04. The number of pyridine rings is 1. The number of nitrogens with zero attached hydrogens (tertiary/aromatic N) is 1. The quantitative estimate of drug-likeness (QED) is 0.593. The van der Waals surface area contributed by atoms with Gasteiger partial charge in [-0.2, -0.15) is 0 Å². The minimum atomic E-state index is -0.995. The van der Waals surface area contributed by atoms with Crippen molar-refractivity contribution in [3.05, 3.63) is 24.0 Å². The summed E-state index contributed by atoms with van der Waals surface area (Å²) in [5.74, 6) is -0.270. The van der Waals surface area contributed by atoms with E-state index in [-0.39, 0.29) is 5.69 Å². The third-order valence-corrected chi connectivity index (χ3v) is 2.53. The summed E-state index contributed by atoms with van der Waals surface area (Å²) in [6.07, 6.45) is 1.48. The van der Waals surface area contributed by atoms with Gasteiger partial charge in [-0.3, -0.25) is 0 Å². The van der Waals surface area contributed by atoms with Crippen LogP contribution in [0.4, 0.5) is 0 Å². The molecule has 0 spiro atoms. The third-order valence-electron chi connectivity index (χ3n) is 1.52. The van der Waals surface area contributed by atoms with E-state index in [1.54, 1.807) is 19.2 Å². The molecule has 4 nitrogen and oxygen atoms in total. The molecule has 5 heteroatoms. The van der Waals surface area contributed by atoms with Crippen molar-refractivity contribution in [3.8, 4) is 0 Å². The van der Waals surface area contributed by atoms with Crippen LogP contribution in [0.3, 0.4) is 0 Å². The molecule has 0 aliphatic rings. The van der Waals surface area contributed by atoms with Gasteiger partial charge in [0, 0.05) is 24.0 Å². The van der Waals surface area contributed by atoms with E-state index in [1.807, 2.05) is 0 Å². The molecule has 1 rings (SSSR count). The molecule has 1 aromatic rings. The molecule has 1 N–H and O–H groups in total. The lowest BCUT2D eigenvalue weighted by Gasteiger charge is -2.03. The van der Waals surface area contributed by atoms with Crippen LogP contribution in [0.1, 0.15) is 10.5 Å². The van der Waals surface area contributed by atoms with E-state index >= 15 is 0 Å². The molecule has 1 heterocycles. The molecule has 0 bridgehead atoms. The summed E-state index contributed by atoms with van der Waals surface area (Å²) < 4.78 is 4.88. The Morgan fingerprint density at radius 3 is 3.14 bits per heavy atom. The van der Waals surface area contributed by atoms with Crippen LogP contribution < -0.4 is 0 Å². The van der Waals surface area contributed by atoms with Crippen molar-refractivity contribution < 1.29 is 14.6 Å². The lowest BCUT2D eigenvalue weighted by Crippen LogP contribution is -2.02. The van der Waals surface area contributed by atoms with Crippen molar-refractivity contribution in [1.82, 2.24) is 4.98 Å². The maximum atomic E-state index is 10.7. The van der Waals surface area contributed by atoms with E-state index in [0.717, 1.165) is 5.75 Å². The first kappa shape index (κ1) is 11.0. The Morgan fingerprint density at radius 2 is 2.50 bits per heavy atom. The highest BCUT2D eigenvalue weighted by Gasteiger charge is 2.10. The van der Waals surface area contributed by atoms with E-state index in [1.165, 1.54) is 18.0 Å². The number of methoxy groups -OCH3 is 1. The Kier molecular flexibility index (Phi) is 4.42. The van der Waals surface area contributed by atoms with Gasteiger partial charge in [0.05, 0.1) is 6.61 Å². The standard InChI is InChI=1S/C9H11NO3S/c1-13-5-6-14-7-3-2-4-10-8(7)9(11)12/h2-4H,5-6H2,1H3,(H,11,12). The summed E-state index contributed by atoms with van der Waals surface area (Å²) in [5.41, 5.74) is 0.105. The van der Waals surface area contributed by atoms with Crippen LogP contribution >= 0.6 is 11.8 Å². The monoisotopic (exact) mass is 213 g/mol. The van der Waals surface area contributed by atoms with Gasteiger partial charge < -0.3 is 9.84 Å². The fourth-order valence-corrected chi connectivity index (χ4v) is 1.82. The Balaban J connectivity index is 2.69. The van der Waals surface area contributed by atoms with Crippen LogP contribution in [0, 0.1) is 0 Å². The van der Waals surface area contributed by atoms with Gasteiger partial charge in [-0.15, -0.1) is 11.8 Å². The van der Waals surface area contributed by atoms with Gasteiger partial charge in [0.1, 0.15) is 0 Å². The molecule has 0 amide bonds. The lowest BCUT2D eigenvalue weighted by atomic mass is 10.3. The number of thioether (sulfide) groups is 1. The molecule has 1 aromatic heterocycles. The first-order valence-electron chi connectivity index (χ1n) is 4.05. The molecular formula is C9H11NO3S. The molecule has 0 aliphatic carbocycles. The molecule has 76 valence electrons. The minimum absolute atomic E-state index is 0.105. The van der Waals surface area contributed by atoms with E-state index in [0.29, 0.717) is 11.5 Å². The van der Waals surface area contributed by atoms with Crippen molar-refractivity contribution in [1.29, 1.82) is 0 Å². The zero-order valence-electron chi connectivity index (χ0n) is 7.77. The van der Waals surface area contributed by atoms with Crippen molar-refractivity contribution in [2.24, 2.45) is 0 Å². The second-order valence-electron chi connectivity index (χ2n) is 2.50. The van der Waals surface area contributed by atoms with Gasteiger partial charge in [-0.05, 0) is 12.1 Å². The largest absolute Gasteiger partial charge is 0.476 e. The van der Waals surface area contributed by atoms with Crippen LogP contribution in [0.15, 0.2) is 23.2 Å². The number of hydrogen-bond acceptors (Lipinski definition) is 4. The van der Waals surface area contributed by atoms with Crippen molar-refractivity contribution in [3.63, 3.8) is 0 Å². The highest BCUT2D eigenvalue weighted by Crippen LogP contribution is 2.20. The average Bonchev–Trinajstić information content (AvgIpc) is 2.19.